The molecular weight excluding hydrogens is 308 g/mol. The van der Waals surface area contributed by atoms with E-state index in [9.17, 15) is 9.59 Å². The lowest BCUT2D eigenvalue weighted by atomic mass is 10.1. The molecule has 1 unspecified atom stereocenters. The van der Waals surface area contributed by atoms with E-state index in [1.54, 1.807) is 11.3 Å². The monoisotopic (exact) mass is 330 g/mol. The van der Waals surface area contributed by atoms with Crippen molar-refractivity contribution in [3.8, 4) is 0 Å². The predicted molar refractivity (Wildman–Crippen MR) is 93.7 cm³/mol. The molecular formula is C18H22N2O2S. The fourth-order valence-electron chi connectivity index (χ4n) is 3.05. The third-order valence-electron chi connectivity index (χ3n) is 4.33. The number of thiophene rings is 1. The number of hydrogen-bond acceptors (Lipinski definition) is 3. The van der Waals surface area contributed by atoms with E-state index in [-0.39, 0.29) is 23.8 Å². The standard InChI is InChI=1S/C18H22N2O2S/c1-12(2)17(21)19-8-9-20(13(3)11-19)18(22)16-10-14-6-4-5-7-15(14)23-16/h4-7,10,12-13H,8-9,11H2,1-3H3. The van der Waals surface area contributed by atoms with E-state index >= 15 is 0 Å². The van der Waals surface area contributed by atoms with Crippen molar-refractivity contribution in [2.45, 2.75) is 26.8 Å². The van der Waals surface area contributed by atoms with Crippen molar-refractivity contribution in [2.75, 3.05) is 19.6 Å². The maximum atomic E-state index is 12.8. The predicted octanol–water partition coefficient (Wildman–Crippen LogP) is 3.23. The van der Waals surface area contributed by atoms with Gasteiger partial charge < -0.3 is 9.80 Å². The number of piperazine rings is 1. The molecule has 1 atom stereocenters. The lowest BCUT2D eigenvalue weighted by molar-refractivity contribution is -0.136. The van der Waals surface area contributed by atoms with E-state index in [2.05, 4.69) is 0 Å². The van der Waals surface area contributed by atoms with Gasteiger partial charge >= 0.3 is 0 Å². The van der Waals surface area contributed by atoms with Crippen molar-refractivity contribution in [1.82, 2.24) is 9.80 Å². The van der Waals surface area contributed by atoms with Crippen LogP contribution >= 0.6 is 11.3 Å². The molecule has 1 fully saturated rings. The van der Waals surface area contributed by atoms with Crippen LogP contribution in [0.4, 0.5) is 0 Å². The van der Waals surface area contributed by atoms with Crippen LogP contribution in [0.5, 0.6) is 0 Å². The molecule has 3 rings (SSSR count). The normalized spacial score (nSPS) is 18.7. The first kappa shape index (κ1) is 16.0. The highest BCUT2D eigenvalue weighted by atomic mass is 32.1. The van der Waals surface area contributed by atoms with Crippen molar-refractivity contribution in [1.29, 1.82) is 0 Å². The molecule has 0 radical (unpaired) electrons. The zero-order chi connectivity index (χ0) is 16.6. The van der Waals surface area contributed by atoms with E-state index in [0.29, 0.717) is 19.6 Å². The number of rotatable bonds is 2. The minimum absolute atomic E-state index is 0.00652. The van der Waals surface area contributed by atoms with Crippen LogP contribution in [-0.2, 0) is 4.79 Å². The van der Waals surface area contributed by atoms with Gasteiger partial charge in [0.15, 0.2) is 0 Å². The molecule has 122 valence electrons. The third-order valence-corrected chi connectivity index (χ3v) is 5.43. The minimum Gasteiger partial charge on any atom is -0.339 e. The second kappa shape index (κ2) is 6.32. The van der Waals surface area contributed by atoms with E-state index in [1.165, 1.54) is 0 Å². The van der Waals surface area contributed by atoms with Crippen LogP contribution in [0, 0.1) is 5.92 Å². The van der Waals surface area contributed by atoms with Gasteiger partial charge in [0.2, 0.25) is 5.91 Å². The minimum atomic E-state index is 0.00652. The second-order valence-corrected chi connectivity index (χ2v) is 7.52. The largest absolute Gasteiger partial charge is 0.339 e. The van der Waals surface area contributed by atoms with Crippen LogP contribution in [0.3, 0.4) is 0 Å². The zero-order valence-corrected chi connectivity index (χ0v) is 14.6. The SMILES string of the molecule is CC(C)C(=O)N1CCN(C(=O)c2cc3ccccc3s2)C(C)C1. The molecule has 0 aliphatic carbocycles. The van der Waals surface area contributed by atoms with Crippen molar-refractivity contribution < 1.29 is 9.59 Å². The van der Waals surface area contributed by atoms with Crippen LogP contribution in [-0.4, -0.2) is 47.3 Å². The molecule has 2 aromatic rings. The fourth-order valence-corrected chi connectivity index (χ4v) is 4.07. The van der Waals surface area contributed by atoms with E-state index in [1.807, 2.05) is 60.9 Å². The van der Waals surface area contributed by atoms with Gasteiger partial charge in [0, 0.05) is 36.3 Å². The molecule has 2 amide bonds. The van der Waals surface area contributed by atoms with Crippen molar-refractivity contribution in [3.05, 3.63) is 35.2 Å². The average Bonchev–Trinajstić information content (AvgIpc) is 2.97. The molecule has 1 saturated heterocycles. The molecule has 0 spiro atoms. The van der Waals surface area contributed by atoms with Crippen LogP contribution in [0.2, 0.25) is 0 Å². The van der Waals surface area contributed by atoms with Crippen LogP contribution < -0.4 is 0 Å². The number of carbonyl (C=O) groups excluding carboxylic acids is 2. The lowest BCUT2D eigenvalue weighted by Crippen LogP contribution is -2.56. The lowest BCUT2D eigenvalue weighted by Gasteiger charge is -2.40. The highest BCUT2D eigenvalue weighted by Crippen LogP contribution is 2.27. The topological polar surface area (TPSA) is 40.6 Å². The van der Waals surface area contributed by atoms with Crippen molar-refractivity contribution in [3.63, 3.8) is 0 Å². The summed E-state index contributed by atoms with van der Waals surface area (Å²) in [4.78, 5) is 29.5. The highest BCUT2D eigenvalue weighted by Gasteiger charge is 2.31. The molecule has 1 aliphatic heterocycles. The molecule has 1 aromatic heterocycles. The molecule has 4 nitrogen and oxygen atoms in total. The molecule has 0 N–H and O–H groups in total. The summed E-state index contributed by atoms with van der Waals surface area (Å²) < 4.78 is 1.14. The van der Waals surface area contributed by atoms with Gasteiger partial charge in [0.1, 0.15) is 0 Å². The third kappa shape index (κ3) is 3.11. The van der Waals surface area contributed by atoms with E-state index < -0.39 is 0 Å². The Bertz CT molecular complexity index is 704. The number of amides is 2. The summed E-state index contributed by atoms with van der Waals surface area (Å²) in [5.41, 5.74) is 0. The van der Waals surface area contributed by atoms with Gasteiger partial charge in [-0.1, -0.05) is 32.0 Å². The van der Waals surface area contributed by atoms with Crippen LogP contribution in [0.1, 0.15) is 30.4 Å². The van der Waals surface area contributed by atoms with Gasteiger partial charge in [0.05, 0.1) is 4.88 Å². The summed E-state index contributed by atoms with van der Waals surface area (Å²) in [7, 11) is 0. The Morgan fingerprint density at radius 1 is 1.22 bits per heavy atom. The first-order chi connectivity index (χ1) is 11.0. The quantitative estimate of drug-likeness (QED) is 0.848. The second-order valence-electron chi connectivity index (χ2n) is 6.43. The van der Waals surface area contributed by atoms with Crippen LogP contribution in [0.15, 0.2) is 30.3 Å². The molecule has 0 bridgehead atoms. The summed E-state index contributed by atoms with van der Waals surface area (Å²) >= 11 is 1.54. The Morgan fingerprint density at radius 2 is 1.96 bits per heavy atom. The fraction of sp³-hybridized carbons (Fsp3) is 0.444. The zero-order valence-electron chi connectivity index (χ0n) is 13.8. The maximum absolute atomic E-state index is 12.8. The van der Waals surface area contributed by atoms with Gasteiger partial charge in [-0.15, -0.1) is 11.3 Å². The molecule has 0 saturated carbocycles. The number of nitrogens with zero attached hydrogens (tertiary/aromatic N) is 2. The Hall–Kier alpha value is -1.88. The van der Waals surface area contributed by atoms with E-state index in [4.69, 9.17) is 0 Å². The van der Waals surface area contributed by atoms with Crippen molar-refractivity contribution in [2.24, 2.45) is 5.92 Å². The molecule has 5 heteroatoms. The summed E-state index contributed by atoms with van der Waals surface area (Å²) in [6.45, 7) is 7.70. The smallest absolute Gasteiger partial charge is 0.264 e. The highest BCUT2D eigenvalue weighted by molar-refractivity contribution is 7.20. The van der Waals surface area contributed by atoms with Gasteiger partial charge in [-0.05, 0) is 24.4 Å². The van der Waals surface area contributed by atoms with Gasteiger partial charge in [-0.3, -0.25) is 9.59 Å². The van der Waals surface area contributed by atoms with Gasteiger partial charge in [0.25, 0.3) is 5.91 Å². The molecule has 1 aliphatic rings. The number of hydrogen-bond donors (Lipinski definition) is 0. The van der Waals surface area contributed by atoms with Gasteiger partial charge in [-0.25, -0.2) is 0 Å². The Morgan fingerprint density at radius 3 is 2.61 bits per heavy atom. The number of fused-ring (bicyclic) bond motifs is 1. The Balaban J connectivity index is 1.74. The van der Waals surface area contributed by atoms with E-state index in [0.717, 1.165) is 15.0 Å². The Labute approximate surface area is 140 Å². The molecule has 2 heterocycles. The maximum Gasteiger partial charge on any atom is 0.264 e. The van der Waals surface area contributed by atoms with Crippen molar-refractivity contribution >= 4 is 33.2 Å². The average molecular weight is 330 g/mol. The Kier molecular flexibility index (Phi) is 4.39. The summed E-state index contributed by atoms with van der Waals surface area (Å²) in [5.74, 6) is 0.258. The number of carbonyl (C=O) groups is 2. The first-order valence-electron chi connectivity index (χ1n) is 8.05. The van der Waals surface area contributed by atoms with Gasteiger partial charge in [-0.2, -0.15) is 0 Å². The number of benzene rings is 1. The molecule has 23 heavy (non-hydrogen) atoms. The summed E-state index contributed by atoms with van der Waals surface area (Å²) in [5, 5.41) is 1.11. The molecule has 1 aromatic carbocycles. The summed E-state index contributed by atoms with van der Waals surface area (Å²) in [6.07, 6.45) is 0. The summed E-state index contributed by atoms with van der Waals surface area (Å²) in [6, 6.07) is 10.1. The van der Waals surface area contributed by atoms with Crippen LogP contribution in [0.25, 0.3) is 10.1 Å². The first-order valence-corrected chi connectivity index (χ1v) is 8.87.